The SMILES string of the molecule is CC(C)CC1(C(=O)O)CC(C(=O)O)C(c2cc3ccccc3o2)N1C(=O)c1cccc(Br)c1. The van der Waals surface area contributed by atoms with E-state index < -0.39 is 35.3 Å². The lowest BCUT2D eigenvalue weighted by atomic mass is 9.83. The molecule has 4 rings (SSSR count). The van der Waals surface area contributed by atoms with E-state index in [9.17, 15) is 24.6 Å². The molecular formula is C25H24BrNO6. The Balaban J connectivity index is 1.95. The number of halogens is 1. The van der Waals surface area contributed by atoms with E-state index in [2.05, 4.69) is 15.9 Å². The Morgan fingerprint density at radius 3 is 2.45 bits per heavy atom. The molecule has 2 N–H and O–H groups in total. The molecule has 172 valence electrons. The molecule has 8 heteroatoms. The zero-order chi connectivity index (χ0) is 23.9. The fourth-order valence-corrected chi connectivity index (χ4v) is 5.33. The van der Waals surface area contributed by atoms with Gasteiger partial charge in [-0.2, -0.15) is 0 Å². The summed E-state index contributed by atoms with van der Waals surface area (Å²) in [5.74, 6) is -3.91. The lowest BCUT2D eigenvalue weighted by Gasteiger charge is -2.38. The molecule has 0 aliphatic carbocycles. The fraction of sp³-hybridized carbons (Fsp3) is 0.320. The van der Waals surface area contributed by atoms with Crippen LogP contribution in [-0.4, -0.2) is 38.5 Å². The van der Waals surface area contributed by atoms with Crippen molar-refractivity contribution in [3.8, 4) is 0 Å². The first-order chi connectivity index (χ1) is 15.6. The van der Waals surface area contributed by atoms with Crippen molar-refractivity contribution in [2.75, 3.05) is 0 Å². The second-order valence-electron chi connectivity index (χ2n) is 8.90. The van der Waals surface area contributed by atoms with Crippen molar-refractivity contribution in [3.63, 3.8) is 0 Å². The number of aliphatic carboxylic acids is 2. The van der Waals surface area contributed by atoms with Crippen LogP contribution in [0.4, 0.5) is 0 Å². The Morgan fingerprint density at radius 1 is 1.12 bits per heavy atom. The van der Waals surface area contributed by atoms with Crippen LogP contribution in [0.5, 0.6) is 0 Å². The van der Waals surface area contributed by atoms with E-state index >= 15 is 0 Å². The number of rotatable bonds is 6. The number of carbonyl (C=O) groups is 3. The Hall–Kier alpha value is -3.13. The van der Waals surface area contributed by atoms with Crippen LogP contribution in [0.15, 0.2) is 63.5 Å². The first-order valence-corrected chi connectivity index (χ1v) is 11.5. The Morgan fingerprint density at radius 2 is 1.85 bits per heavy atom. The molecule has 2 heterocycles. The first-order valence-electron chi connectivity index (χ1n) is 10.7. The molecule has 1 aliphatic heterocycles. The van der Waals surface area contributed by atoms with Crippen molar-refractivity contribution < 1.29 is 29.0 Å². The van der Waals surface area contributed by atoms with E-state index in [0.29, 0.717) is 10.1 Å². The van der Waals surface area contributed by atoms with Crippen molar-refractivity contribution in [1.82, 2.24) is 4.90 Å². The molecule has 0 radical (unpaired) electrons. The molecule has 1 saturated heterocycles. The van der Waals surface area contributed by atoms with E-state index in [4.69, 9.17) is 4.42 Å². The molecule has 3 aromatic rings. The van der Waals surface area contributed by atoms with E-state index in [0.717, 1.165) is 5.39 Å². The number of carboxylic acid groups (broad SMARTS) is 2. The summed E-state index contributed by atoms with van der Waals surface area (Å²) in [5.41, 5.74) is -0.880. The number of hydrogen-bond donors (Lipinski definition) is 2. The number of amides is 1. The van der Waals surface area contributed by atoms with Gasteiger partial charge in [-0.15, -0.1) is 0 Å². The molecule has 0 saturated carbocycles. The van der Waals surface area contributed by atoms with Gasteiger partial charge < -0.3 is 19.5 Å². The summed E-state index contributed by atoms with van der Waals surface area (Å²) in [5, 5.41) is 21.3. The number of benzene rings is 2. The second-order valence-corrected chi connectivity index (χ2v) is 9.82. The minimum atomic E-state index is -1.69. The monoisotopic (exact) mass is 513 g/mol. The summed E-state index contributed by atoms with van der Waals surface area (Å²) in [7, 11) is 0. The van der Waals surface area contributed by atoms with Gasteiger partial charge in [0.15, 0.2) is 0 Å². The summed E-state index contributed by atoms with van der Waals surface area (Å²) < 4.78 is 6.65. The van der Waals surface area contributed by atoms with E-state index in [1.807, 2.05) is 26.0 Å². The van der Waals surface area contributed by atoms with Gasteiger partial charge in [-0.1, -0.05) is 54.0 Å². The van der Waals surface area contributed by atoms with Crippen LogP contribution < -0.4 is 0 Å². The fourth-order valence-electron chi connectivity index (χ4n) is 4.93. The van der Waals surface area contributed by atoms with Crippen LogP contribution >= 0.6 is 15.9 Å². The largest absolute Gasteiger partial charge is 0.481 e. The predicted octanol–water partition coefficient (Wildman–Crippen LogP) is 5.35. The highest BCUT2D eigenvalue weighted by atomic mass is 79.9. The molecule has 1 aliphatic rings. The average Bonchev–Trinajstić information content (AvgIpc) is 3.32. The molecule has 3 atom stereocenters. The van der Waals surface area contributed by atoms with Gasteiger partial charge in [0.05, 0.1) is 5.92 Å². The van der Waals surface area contributed by atoms with Crippen LogP contribution in [0.3, 0.4) is 0 Å². The Labute approximate surface area is 199 Å². The van der Waals surface area contributed by atoms with Gasteiger partial charge in [-0.25, -0.2) is 4.79 Å². The number of para-hydroxylation sites is 1. The number of likely N-dealkylation sites (tertiary alicyclic amines) is 1. The van der Waals surface area contributed by atoms with Crippen molar-refractivity contribution in [3.05, 3.63) is 70.4 Å². The minimum Gasteiger partial charge on any atom is -0.481 e. The quantitative estimate of drug-likeness (QED) is 0.459. The van der Waals surface area contributed by atoms with Crippen molar-refractivity contribution >= 4 is 44.7 Å². The lowest BCUT2D eigenvalue weighted by molar-refractivity contribution is -0.150. The lowest BCUT2D eigenvalue weighted by Crippen LogP contribution is -2.54. The first kappa shape index (κ1) is 23.0. The average molecular weight is 514 g/mol. The van der Waals surface area contributed by atoms with Gasteiger partial charge in [0.25, 0.3) is 5.91 Å². The second kappa shape index (κ2) is 8.67. The number of carbonyl (C=O) groups excluding carboxylic acids is 1. The third-order valence-electron chi connectivity index (χ3n) is 6.17. The maximum absolute atomic E-state index is 13.9. The van der Waals surface area contributed by atoms with Crippen LogP contribution in [-0.2, 0) is 9.59 Å². The van der Waals surface area contributed by atoms with E-state index in [-0.39, 0.29) is 30.1 Å². The summed E-state index contributed by atoms with van der Waals surface area (Å²) in [6, 6.07) is 14.5. The third kappa shape index (κ3) is 4.04. The van der Waals surface area contributed by atoms with Crippen LogP contribution in [0, 0.1) is 11.8 Å². The van der Waals surface area contributed by atoms with Gasteiger partial charge in [-0.3, -0.25) is 9.59 Å². The maximum atomic E-state index is 13.9. The van der Waals surface area contributed by atoms with Gasteiger partial charge in [0, 0.05) is 15.4 Å². The Kier molecular flexibility index (Phi) is 6.05. The van der Waals surface area contributed by atoms with Gasteiger partial charge in [-0.05, 0) is 49.1 Å². The summed E-state index contributed by atoms with van der Waals surface area (Å²) in [6.07, 6.45) is -0.0973. The maximum Gasteiger partial charge on any atom is 0.329 e. The van der Waals surface area contributed by atoms with E-state index in [1.165, 1.54) is 4.90 Å². The summed E-state index contributed by atoms with van der Waals surface area (Å²) in [6.45, 7) is 3.72. The molecule has 1 amide bonds. The predicted molar refractivity (Wildman–Crippen MR) is 125 cm³/mol. The molecular weight excluding hydrogens is 490 g/mol. The standard InChI is InChI=1S/C25H24BrNO6/c1-14(2)12-25(24(31)32)13-18(23(29)30)21(20-11-15-6-3-4-9-19(15)33-20)27(25)22(28)16-7-5-8-17(26)10-16/h3-11,14,18,21H,12-13H2,1-2H3,(H,29,30)(H,31,32). The molecule has 3 unspecified atom stereocenters. The van der Waals surface area contributed by atoms with Crippen molar-refractivity contribution in [2.45, 2.75) is 38.3 Å². The smallest absolute Gasteiger partial charge is 0.329 e. The number of nitrogens with zero attached hydrogens (tertiary/aromatic N) is 1. The van der Waals surface area contributed by atoms with Crippen LogP contribution in [0.2, 0.25) is 0 Å². The normalized spacial score (nSPS) is 22.7. The number of hydrogen-bond acceptors (Lipinski definition) is 4. The van der Waals surface area contributed by atoms with Crippen LogP contribution in [0.25, 0.3) is 11.0 Å². The molecule has 33 heavy (non-hydrogen) atoms. The minimum absolute atomic E-state index is 0.0947. The van der Waals surface area contributed by atoms with Gasteiger partial charge in [0.1, 0.15) is 22.9 Å². The highest BCUT2D eigenvalue weighted by Crippen LogP contribution is 2.51. The molecule has 0 bridgehead atoms. The number of fused-ring (bicyclic) bond motifs is 1. The zero-order valence-electron chi connectivity index (χ0n) is 18.2. The molecule has 1 fully saturated rings. The van der Waals surface area contributed by atoms with Crippen molar-refractivity contribution in [2.24, 2.45) is 11.8 Å². The number of carboxylic acids is 2. The molecule has 1 aromatic heterocycles. The van der Waals surface area contributed by atoms with E-state index in [1.54, 1.807) is 42.5 Å². The highest BCUT2D eigenvalue weighted by molar-refractivity contribution is 9.10. The van der Waals surface area contributed by atoms with Crippen LogP contribution in [0.1, 0.15) is 48.8 Å². The molecule has 0 spiro atoms. The highest BCUT2D eigenvalue weighted by Gasteiger charge is 2.61. The van der Waals surface area contributed by atoms with Crippen molar-refractivity contribution in [1.29, 1.82) is 0 Å². The molecule has 2 aromatic carbocycles. The number of furan rings is 1. The molecule has 7 nitrogen and oxygen atoms in total. The topological polar surface area (TPSA) is 108 Å². The third-order valence-corrected chi connectivity index (χ3v) is 6.66. The summed E-state index contributed by atoms with van der Waals surface area (Å²) in [4.78, 5) is 40.3. The van der Waals surface area contributed by atoms with Gasteiger partial charge in [0.2, 0.25) is 0 Å². The summed E-state index contributed by atoms with van der Waals surface area (Å²) >= 11 is 3.36. The zero-order valence-corrected chi connectivity index (χ0v) is 19.8. The van der Waals surface area contributed by atoms with Gasteiger partial charge >= 0.3 is 11.9 Å². The Bertz CT molecular complexity index is 1200.